The van der Waals surface area contributed by atoms with Crippen molar-refractivity contribution in [2.45, 2.75) is 31.8 Å². The number of benzene rings is 2. The van der Waals surface area contributed by atoms with Crippen molar-refractivity contribution in [1.82, 2.24) is 5.32 Å². The maximum Gasteiger partial charge on any atom is 0.124 e. The second-order valence-electron chi connectivity index (χ2n) is 5.41. The largest absolute Gasteiger partial charge is 0.493 e. The van der Waals surface area contributed by atoms with Crippen molar-refractivity contribution in [2.24, 2.45) is 0 Å². The highest BCUT2D eigenvalue weighted by molar-refractivity contribution is 9.10. The summed E-state index contributed by atoms with van der Waals surface area (Å²) in [5, 5.41) is 3.80. The lowest BCUT2D eigenvalue weighted by Gasteiger charge is -2.30. The molecule has 2 aromatic rings. The van der Waals surface area contributed by atoms with Gasteiger partial charge in [0.15, 0.2) is 0 Å². The molecule has 2 atom stereocenters. The van der Waals surface area contributed by atoms with Crippen LogP contribution >= 0.6 is 15.9 Å². The molecule has 3 rings (SSSR count). The molecule has 1 aliphatic heterocycles. The molecule has 21 heavy (non-hydrogen) atoms. The van der Waals surface area contributed by atoms with Crippen LogP contribution in [0.1, 0.15) is 43.0 Å². The minimum atomic E-state index is 0.344. The predicted molar refractivity (Wildman–Crippen MR) is 89.6 cm³/mol. The maximum absolute atomic E-state index is 5.77. The number of rotatable bonds is 4. The number of hydrogen-bond acceptors (Lipinski definition) is 2. The predicted octanol–water partition coefficient (Wildman–Crippen LogP) is 5.01. The van der Waals surface area contributed by atoms with E-state index in [1.165, 1.54) is 11.1 Å². The number of hydrogen-bond donors (Lipinski definition) is 1. The van der Waals surface area contributed by atoms with E-state index in [2.05, 4.69) is 70.6 Å². The third-order valence-electron chi connectivity index (χ3n) is 4.02. The smallest absolute Gasteiger partial charge is 0.124 e. The summed E-state index contributed by atoms with van der Waals surface area (Å²) in [6, 6.07) is 17.7. The van der Waals surface area contributed by atoms with Crippen LogP contribution < -0.4 is 10.1 Å². The van der Waals surface area contributed by atoms with Crippen molar-refractivity contribution >= 4 is 15.9 Å². The van der Waals surface area contributed by atoms with E-state index in [0.29, 0.717) is 12.1 Å². The molecular weight excluding hydrogens is 326 g/mol. The van der Waals surface area contributed by atoms with Crippen LogP contribution in [0.4, 0.5) is 0 Å². The van der Waals surface area contributed by atoms with Crippen LogP contribution in [0.2, 0.25) is 0 Å². The van der Waals surface area contributed by atoms with Crippen molar-refractivity contribution in [1.29, 1.82) is 0 Å². The topological polar surface area (TPSA) is 21.3 Å². The second-order valence-corrected chi connectivity index (χ2v) is 6.33. The minimum absolute atomic E-state index is 0.344. The van der Waals surface area contributed by atoms with E-state index in [9.17, 15) is 0 Å². The fourth-order valence-corrected chi connectivity index (χ4v) is 3.30. The minimum Gasteiger partial charge on any atom is -0.493 e. The molecule has 1 N–H and O–H groups in total. The first-order chi connectivity index (χ1) is 10.3. The Morgan fingerprint density at radius 1 is 1.24 bits per heavy atom. The molecule has 0 saturated carbocycles. The fourth-order valence-electron chi connectivity index (χ4n) is 2.92. The third-order valence-corrected chi connectivity index (χ3v) is 4.52. The van der Waals surface area contributed by atoms with E-state index in [4.69, 9.17) is 4.74 Å². The van der Waals surface area contributed by atoms with Gasteiger partial charge in [-0.25, -0.2) is 0 Å². The maximum atomic E-state index is 5.77. The first-order valence-corrected chi connectivity index (χ1v) is 8.30. The molecule has 110 valence electrons. The van der Waals surface area contributed by atoms with Crippen LogP contribution in [-0.2, 0) is 0 Å². The molecule has 1 heterocycles. The molecule has 2 nitrogen and oxygen atoms in total. The van der Waals surface area contributed by atoms with Gasteiger partial charge in [0.05, 0.1) is 6.61 Å². The van der Waals surface area contributed by atoms with E-state index in [0.717, 1.165) is 29.7 Å². The molecule has 3 heteroatoms. The van der Waals surface area contributed by atoms with Gasteiger partial charge < -0.3 is 10.1 Å². The third kappa shape index (κ3) is 3.30. The summed E-state index contributed by atoms with van der Waals surface area (Å²) in [4.78, 5) is 0. The first kappa shape index (κ1) is 14.6. The summed E-state index contributed by atoms with van der Waals surface area (Å²) >= 11 is 3.56. The molecule has 0 bridgehead atoms. The van der Waals surface area contributed by atoms with Gasteiger partial charge in [-0.2, -0.15) is 0 Å². The zero-order valence-electron chi connectivity index (χ0n) is 12.2. The van der Waals surface area contributed by atoms with E-state index < -0.39 is 0 Å². The number of ether oxygens (including phenoxy) is 1. The Hall–Kier alpha value is -1.32. The quantitative estimate of drug-likeness (QED) is 0.840. The van der Waals surface area contributed by atoms with Gasteiger partial charge in [-0.1, -0.05) is 53.2 Å². The van der Waals surface area contributed by atoms with Gasteiger partial charge in [-0.3, -0.25) is 0 Å². The van der Waals surface area contributed by atoms with Crippen LogP contribution in [0.15, 0.2) is 53.0 Å². The molecule has 0 saturated heterocycles. The van der Waals surface area contributed by atoms with Crippen LogP contribution in [0.25, 0.3) is 0 Å². The highest BCUT2D eigenvalue weighted by atomic mass is 79.9. The van der Waals surface area contributed by atoms with Crippen LogP contribution in [0.3, 0.4) is 0 Å². The van der Waals surface area contributed by atoms with E-state index in [1.54, 1.807) is 0 Å². The van der Waals surface area contributed by atoms with Crippen molar-refractivity contribution in [3.63, 3.8) is 0 Å². The molecule has 2 aromatic carbocycles. The first-order valence-electron chi connectivity index (χ1n) is 7.51. The Balaban J connectivity index is 1.84. The van der Waals surface area contributed by atoms with E-state index in [1.807, 2.05) is 6.07 Å². The normalized spacial score (nSPS) is 18.7. The number of fused-ring (bicyclic) bond motifs is 1. The average Bonchev–Trinajstić information content (AvgIpc) is 2.53. The molecule has 0 radical (unpaired) electrons. The fraction of sp³-hybridized carbons (Fsp3) is 0.333. The standard InChI is InChI=1S/C18H20BrNO/c1-2-16(13-6-4-3-5-7-13)20-17-10-11-21-18-9-8-14(19)12-15(17)18/h3-9,12,16-17,20H,2,10-11H2,1H3. The highest BCUT2D eigenvalue weighted by Crippen LogP contribution is 2.35. The van der Waals surface area contributed by atoms with Gasteiger partial charge in [0.25, 0.3) is 0 Å². The summed E-state index contributed by atoms with van der Waals surface area (Å²) in [5.41, 5.74) is 2.60. The molecular formula is C18H20BrNO. The average molecular weight is 346 g/mol. The van der Waals surface area contributed by atoms with E-state index >= 15 is 0 Å². The number of halogens is 1. The SMILES string of the molecule is CCC(NC1CCOc2ccc(Br)cc21)c1ccccc1. The Labute approximate surface area is 134 Å². The van der Waals surface area contributed by atoms with Crippen molar-refractivity contribution in [3.05, 3.63) is 64.1 Å². The molecule has 0 aliphatic carbocycles. The molecule has 1 aliphatic rings. The summed E-state index contributed by atoms with van der Waals surface area (Å²) in [7, 11) is 0. The second kappa shape index (κ2) is 6.63. The lowest BCUT2D eigenvalue weighted by atomic mass is 9.97. The van der Waals surface area contributed by atoms with Crippen molar-refractivity contribution in [2.75, 3.05) is 6.61 Å². The van der Waals surface area contributed by atoms with Gasteiger partial charge in [-0.15, -0.1) is 0 Å². The lowest BCUT2D eigenvalue weighted by Crippen LogP contribution is -2.30. The van der Waals surface area contributed by atoms with Gasteiger partial charge in [-0.05, 0) is 30.2 Å². The van der Waals surface area contributed by atoms with Crippen LogP contribution in [0, 0.1) is 0 Å². The molecule has 2 unspecified atom stereocenters. The zero-order valence-corrected chi connectivity index (χ0v) is 13.8. The lowest BCUT2D eigenvalue weighted by molar-refractivity contribution is 0.243. The Kier molecular flexibility index (Phi) is 4.61. The van der Waals surface area contributed by atoms with Gasteiger partial charge in [0, 0.05) is 28.5 Å². The van der Waals surface area contributed by atoms with Gasteiger partial charge in [0.1, 0.15) is 5.75 Å². The van der Waals surface area contributed by atoms with Gasteiger partial charge in [0.2, 0.25) is 0 Å². The van der Waals surface area contributed by atoms with Crippen LogP contribution in [-0.4, -0.2) is 6.61 Å². The summed E-state index contributed by atoms with van der Waals surface area (Å²) < 4.78 is 6.87. The monoisotopic (exact) mass is 345 g/mol. The molecule has 0 spiro atoms. The van der Waals surface area contributed by atoms with E-state index in [-0.39, 0.29) is 0 Å². The Morgan fingerprint density at radius 3 is 2.81 bits per heavy atom. The summed E-state index contributed by atoms with van der Waals surface area (Å²) in [6.07, 6.45) is 2.08. The molecule has 0 aromatic heterocycles. The Morgan fingerprint density at radius 2 is 2.05 bits per heavy atom. The summed E-state index contributed by atoms with van der Waals surface area (Å²) in [6.45, 7) is 3.00. The summed E-state index contributed by atoms with van der Waals surface area (Å²) in [5.74, 6) is 1.00. The molecule has 0 amide bonds. The number of nitrogens with one attached hydrogen (secondary N) is 1. The molecule has 0 fully saturated rings. The van der Waals surface area contributed by atoms with Crippen LogP contribution in [0.5, 0.6) is 5.75 Å². The van der Waals surface area contributed by atoms with Gasteiger partial charge >= 0.3 is 0 Å². The van der Waals surface area contributed by atoms with Crippen molar-refractivity contribution in [3.8, 4) is 5.75 Å². The highest BCUT2D eigenvalue weighted by Gasteiger charge is 2.24. The van der Waals surface area contributed by atoms with Crippen molar-refractivity contribution < 1.29 is 4.74 Å². The Bertz CT molecular complexity index is 599. The zero-order chi connectivity index (χ0) is 14.7.